The van der Waals surface area contributed by atoms with Crippen molar-refractivity contribution in [2.24, 2.45) is 5.92 Å². The minimum atomic E-state index is -0.407. The highest BCUT2D eigenvalue weighted by atomic mass is 16.6. The van der Waals surface area contributed by atoms with E-state index in [1.807, 2.05) is 12.1 Å². The first-order chi connectivity index (χ1) is 46.2. The highest BCUT2D eigenvalue weighted by Crippen LogP contribution is 2.38. The van der Waals surface area contributed by atoms with Gasteiger partial charge in [0.1, 0.15) is 11.5 Å². The SMILES string of the molecule is C=C(C)C(=O)OCCCCCC(=O)OCCCCCC(=O)OCCCCCC(=O)OCCCCCC(=O)OCCCCCC(=O)OCCCCCC(=O)OCCCCCC(=O)OCCCCCCOc1ccc(C(=O)Oc2ccc([C@H]3CC[C@H](CCCCC)CC3)cc2)cc1. The Morgan fingerprint density at radius 1 is 0.347 bits per heavy atom. The zero-order valence-electron chi connectivity index (χ0n) is 57.9. The van der Waals surface area contributed by atoms with E-state index in [0.717, 1.165) is 76.5 Å². The van der Waals surface area contributed by atoms with Crippen molar-refractivity contribution in [2.75, 3.05) is 59.5 Å². The lowest BCUT2D eigenvalue weighted by Gasteiger charge is -2.29. The summed E-state index contributed by atoms with van der Waals surface area (Å²) in [5, 5.41) is 0. The fourth-order valence-corrected chi connectivity index (χ4v) is 10.8. The first-order valence-electron chi connectivity index (χ1n) is 36.2. The van der Waals surface area contributed by atoms with Crippen LogP contribution in [-0.4, -0.2) is 113 Å². The average Bonchev–Trinajstić information content (AvgIpc) is 0.924. The Morgan fingerprint density at radius 3 is 0.979 bits per heavy atom. The highest BCUT2D eigenvalue weighted by Gasteiger charge is 2.23. The van der Waals surface area contributed by atoms with Crippen LogP contribution < -0.4 is 9.47 Å². The number of hydrogen-bond donors (Lipinski definition) is 0. The van der Waals surface area contributed by atoms with Gasteiger partial charge in [0.25, 0.3) is 0 Å². The molecule has 2 aromatic carbocycles. The zero-order chi connectivity index (χ0) is 68.6. The molecule has 3 rings (SSSR count). The van der Waals surface area contributed by atoms with Crippen molar-refractivity contribution in [1.82, 2.24) is 0 Å². The third-order valence-corrected chi connectivity index (χ3v) is 16.6. The summed E-state index contributed by atoms with van der Waals surface area (Å²) in [6, 6.07) is 15.1. The van der Waals surface area contributed by atoms with Crippen LogP contribution in [-0.2, 0) is 76.3 Å². The summed E-state index contributed by atoms with van der Waals surface area (Å²) in [7, 11) is 0. The molecule has 2 aromatic rings. The highest BCUT2D eigenvalue weighted by molar-refractivity contribution is 5.91. The van der Waals surface area contributed by atoms with Gasteiger partial charge >= 0.3 is 53.7 Å². The van der Waals surface area contributed by atoms with E-state index < -0.39 is 11.9 Å². The lowest BCUT2D eigenvalue weighted by atomic mass is 9.77. The fourth-order valence-electron chi connectivity index (χ4n) is 10.8. The second-order valence-electron chi connectivity index (χ2n) is 25.1. The maximum absolute atomic E-state index is 12.8. The fraction of sp³-hybridized carbons (Fsp3) is 0.697. The summed E-state index contributed by atoms with van der Waals surface area (Å²) in [6.45, 7) is 10.4. The van der Waals surface area contributed by atoms with Crippen molar-refractivity contribution in [3.8, 4) is 11.5 Å². The van der Waals surface area contributed by atoms with Crippen molar-refractivity contribution in [3.05, 3.63) is 71.8 Å². The topological polar surface area (TPSA) is 246 Å². The van der Waals surface area contributed by atoms with Crippen molar-refractivity contribution in [3.63, 3.8) is 0 Å². The van der Waals surface area contributed by atoms with Crippen LogP contribution >= 0.6 is 0 Å². The van der Waals surface area contributed by atoms with Crippen LogP contribution in [0.3, 0.4) is 0 Å². The van der Waals surface area contributed by atoms with Gasteiger partial charge in [-0.25, -0.2) is 9.59 Å². The molecule has 0 spiro atoms. The normalized spacial score (nSPS) is 13.4. The van der Waals surface area contributed by atoms with Crippen LogP contribution in [0.1, 0.15) is 293 Å². The third kappa shape index (κ3) is 45.3. The lowest BCUT2D eigenvalue weighted by molar-refractivity contribution is -0.146. The Hall–Kier alpha value is -6.79. The molecule has 1 aliphatic carbocycles. The minimum Gasteiger partial charge on any atom is -0.494 e. The van der Waals surface area contributed by atoms with E-state index in [-0.39, 0.29) is 61.0 Å². The predicted octanol–water partition coefficient (Wildman–Crippen LogP) is 16.5. The van der Waals surface area contributed by atoms with Crippen molar-refractivity contribution in [2.45, 2.75) is 277 Å². The summed E-state index contributed by atoms with van der Waals surface area (Å²) >= 11 is 0. The molecule has 0 heterocycles. The number of ether oxygens (including phenoxy) is 10. The molecule has 0 amide bonds. The van der Waals surface area contributed by atoms with Gasteiger partial charge in [0.2, 0.25) is 0 Å². The predicted molar refractivity (Wildman–Crippen MR) is 362 cm³/mol. The van der Waals surface area contributed by atoms with Crippen LogP contribution in [0.15, 0.2) is 60.7 Å². The second kappa shape index (κ2) is 55.4. The summed E-state index contributed by atoms with van der Waals surface area (Å²) in [4.78, 5) is 109. The third-order valence-electron chi connectivity index (χ3n) is 16.6. The molecule has 19 heteroatoms. The van der Waals surface area contributed by atoms with Gasteiger partial charge in [-0.3, -0.25) is 33.6 Å². The zero-order valence-corrected chi connectivity index (χ0v) is 57.9. The van der Waals surface area contributed by atoms with E-state index in [9.17, 15) is 43.2 Å². The molecule has 19 nitrogen and oxygen atoms in total. The molecule has 534 valence electrons. The van der Waals surface area contributed by atoms with E-state index in [4.69, 9.17) is 47.4 Å². The van der Waals surface area contributed by atoms with Crippen LogP contribution in [0.25, 0.3) is 0 Å². The van der Waals surface area contributed by atoms with Gasteiger partial charge in [0, 0.05) is 50.5 Å². The Bertz CT molecular complexity index is 2450. The van der Waals surface area contributed by atoms with Crippen molar-refractivity contribution < 1.29 is 90.5 Å². The van der Waals surface area contributed by atoms with Gasteiger partial charge in [-0.2, -0.15) is 0 Å². The molecule has 0 saturated heterocycles. The second-order valence-corrected chi connectivity index (χ2v) is 25.1. The summed E-state index contributed by atoms with van der Waals surface area (Å²) < 4.78 is 53.7. The molecule has 0 radical (unpaired) electrons. The summed E-state index contributed by atoms with van der Waals surface area (Å²) in [5.74, 6) is 0.0828. The van der Waals surface area contributed by atoms with E-state index in [2.05, 4.69) is 25.6 Å². The Morgan fingerprint density at radius 2 is 0.653 bits per heavy atom. The van der Waals surface area contributed by atoms with Gasteiger partial charge < -0.3 is 47.4 Å². The van der Waals surface area contributed by atoms with E-state index >= 15 is 0 Å². The molecule has 0 unspecified atom stereocenters. The van der Waals surface area contributed by atoms with Crippen LogP contribution in [0.2, 0.25) is 0 Å². The van der Waals surface area contributed by atoms with E-state index in [0.29, 0.717) is 204 Å². The molecular formula is C76H116O19. The molecule has 0 N–H and O–H groups in total. The number of carbonyl (C=O) groups is 9. The molecular weight excluding hydrogens is 1220 g/mol. The molecule has 1 fully saturated rings. The molecule has 1 saturated carbocycles. The molecule has 0 atom stereocenters. The van der Waals surface area contributed by atoms with Gasteiger partial charge in [-0.1, -0.05) is 51.3 Å². The Balaban J connectivity index is 0.983. The first kappa shape index (κ1) is 82.4. The molecule has 95 heavy (non-hydrogen) atoms. The molecule has 0 aliphatic heterocycles. The van der Waals surface area contributed by atoms with Crippen LogP contribution in [0.4, 0.5) is 0 Å². The number of benzene rings is 2. The van der Waals surface area contributed by atoms with Crippen molar-refractivity contribution in [1.29, 1.82) is 0 Å². The number of esters is 9. The van der Waals surface area contributed by atoms with E-state index in [1.54, 1.807) is 31.2 Å². The van der Waals surface area contributed by atoms with Crippen LogP contribution in [0.5, 0.6) is 11.5 Å². The average molecular weight is 1330 g/mol. The van der Waals surface area contributed by atoms with Gasteiger partial charge in [0.05, 0.1) is 65.0 Å². The monoisotopic (exact) mass is 1330 g/mol. The lowest BCUT2D eigenvalue weighted by Crippen LogP contribution is -2.13. The first-order valence-corrected chi connectivity index (χ1v) is 36.2. The Labute approximate surface area is 567 Å². The molecule has 0 aromatic heterocycles. The number of hydrogen-bond acceptors (Lipinski definition) is 19. The van der Waals surface area contributed by atoms with Crippen molar-refractivity contribution >= 4 is 53.7 Å². The molecule has 0 bridgehead atoms. The van der Waals surface area contributed by atoms with Gasteiger partial charge in [-0.05, 0) is 247 Å². The molecule has 1 aliphatic rings. The smallest absolute Gasteiger partial charge is 0.343 e. The summed E-state index contributed by atoms with van der Waals surface area (Å²) in [6.07, 6.45) is 30.3. The standard InChI is InChI=1S/C76H116O19/c1-4-5-15-32-62-40-42-63(43-41-62)64-44-50-67(51-45-64)95-76(85)65-46-48-66(49-47-65)86-52-23-6-7-24-53-87-68(77)33-16-8-25-54-88-69(78)34-17-9-26-55-89-70(79)35-18-10-27-56-90-71(80)36-19-11-28-57-91-72(81)37-20-12-29-58-92-73(82)38-21-13-30-59-93-74(83)39-22-14-31-60-94-75(84)61(2)3/h44-51,62-63H,2,4-43,52-60H2,1,3H3/t62-,63-. The quantitative estimate of drug-likeness (QED) is 0.0196. The number of unbranched alkanes of at least 4 members (excludes halogenated alkanes) is 19. The van der Waals surface area contributed by atoms with Crippen LogP contribution in [0, 0.1) is 5.92 Å². The Kier molecular flexibility index (Phi) is 48.0. The number of carbonyl (C=O) groups excluding carboxylic acids is 9. The van der Waals surface area contributed by atoms with E-state index in [1.165, 1.54) is 56.9 Å². The van der Waals surface area contributed by atoms with Gasteiger partial charge in [-0.15, -0.1) is 0 Å². The van der Waals surface area contributed by atoms with Gasteiger partial charge in [0.15, 0.2) is 0 Å². The largest absolute Gasteiger partial charge is 0.494 e. The maximum Gasteiger partial charge on any atom is 0.343 e. The number of rotatable bonds is 58. The summed E-state index contributed by atoms with van der Waals surface area (Å²) in [5.41, 5.74) is 2.16. The minimum absolute atomic E-state index is 0.218. The maximum atomic E-state index is 12.8.